The van der Waals surface area contributed by atoms with Gasteiger partial charge in [0.25, 0.3) is 0 Å². The van der Waals surface area contributed by atoms with Crippen molar-refractivity contribution in [2.24, 2.45) is 0 Å². The van der Waals surface area contributed by atoms with E-state index in [1.165, 1.54) is 12.1 Å². The predicted molar refractivity (Wildman–Crippen MR) is 99.3 cm³/mol. The monoisotopic (exact) mass is 410 g/mol. The van der Waals surface area contributed by atoms with Gasteiger partial charge in [0.05, 0.1) is 0 Å². The molecule has 0 saturated carbocycles. The van der Waals surface area contributed by atoms with E-state index in [0.29, 0.717) is 22.8 Å². The number of rotatable bonds is 8. The van der Waals surface area contributed by atoms with Gasteiger partial charge in [0, 0.05) is 25.1 Å². The lowest BCUT2D eigenvalue weighted by molar-refractivity contribution is -0.274. The van der Waals surface area contributed by atoms with Gasteiger partial charge in [-0.05, 0) is 32.0 Å². The van der Waals surface area contributed by atoms with Crippen LogP contribution < -0.4 is 14.8 Å². The summed E-state index contributed by atoms with van der Waals surface area (Å²) in [5.74, 6) is 0.867. The van der Waals surface area contributed by atoms with Crippen molar-refractivity contribution in [2.45, 2.75) is 46.2 Å². The number of hydrogen-bond acceptors (Lipinski definition) is 6. The number of alkyl halides is 3. The van der Waals surface area contributed by atoms with E-state index >= 15 is 0 Å². The van der Waals surface area contributed by atoms with Gasteiger partial charge in [-0.15, -0.1) is 13.2 Å². The minimum atomic E-state index is -4.75. The average molecular weight is 410 g/mol. The van der Waals surface area contributed by atoms with Crippen molar-refractivity contribution in [3.05, 3.63) is 53.9 Å². The average Bonchev–Trinajstić information content (AvgIpc) is 2.99. The van der Waals surface area contributed by atoms with Crippen LogP contribution in [0.25, 0.3) is 11.1 Å². The van der Waals surface area contributed by atoms with E-state index in [0.717, 1.165) is 5.52 Å². The van der Waals surface area contributed by atoms with Crippen LogP contribution in [0, 0.1) is 6.92 Å². The number of oxazole rings is 1. The van der Waals surface area contributed by atoms with E-state index in [4.69, 9.17) is 13.9 Å². The Morgan fingerprint density at radius 3 is 2.66 bits per heavy atom. The molecule has 0 aliphatic heterocycles. The summed E-state index contributed by atoms with van der Waals surface area (Å²) in [4.78, 5) is 4.22. The standard InChI is InChI=1S/C20H21F3N2O4/c1-12(24-11-15-6-4-5-7-18(15)29-20(21,22)23)26-14(3)28-16-8-9-17-19(10-16)27-13(2)25-17/h4-10,12,14,24H,11H2,1-3H3. The van der Waals surface area contributed by atoms with E-state index < -0.39 is 18.9 Å². The zero-order valence-electron chi connectivity index (χ0n) is 16.1. The molecule has 3 aromatic rings. The van der Waals surface area contributed by atoms with Gasteiger partial charge < -0.3 is 18.6 Å². The number of ether oxygens (including phenoxy) is 3. The number of halogens is 3. The molecule has 0 bridgehead atoms. The number of para-hydroxylation sites is 1. The third kappa shape index (κ3) is 6.10. The molecule has 1 heterocycles. The fourth-order valence-corrected chi connectivity index (χ4v) is 2.78. The quantitative estimate of drug-likeness (QED) is 0.532. The van der Waals surface area contributed by atoms with Crippen LogP contribution in [0.4, 0.5) is 13.2 Å². The van der Waals surface area contributed by atoms with E-state index in [9.17, 15) is 13.2 Å². The second-order valence-electron chi connectivity index (χ2n) is 6.36. The van der Waals surface area contributed by atoms with Crippen molar-refractivity contribution in [2.75, 3.05) is 0 Å². The van der Waals surface area contributed by atoms with Gasteiger partial charge in [-0.3, -0.25) is 5.32 Å². The van der Waals surface area contributed by atoms with Crippen LogP contribution in [0.1, 0.15) is 25.3 Å². The highest BCUT2D eigenvalue weighted by Crippen LogP contribution is 2.26. The van der Waals surface area contributed by atoms with Gasteiger partial charge in [0.15, 0.2) is 17.8 Å². The summed E-state index contributed by atoms with van der Waals surface area (Å²) < 4.78 is 58.4. The fraction of sp³-hybridized carbons (Fsp3) is 0.350. The summed E-state index contributed by atoms with van der Waals surface area (Å²) in [7, 11) is 0. The van der Waals surface area contributed by atoms with Crippen LogP contribution in [0.15, 0.2) is 46.9 Å². The number of fused-ring (bicyclic) bond motifs is 1. The Hall–Kier alpha value is -2.78. The first-order valence-corrected chi connectivity index (χ1v) is 8.96. The van der Waals surface area contributed by atoms with E-state index in [-0.39, 0.29) is 12.3 Å². The Kier molecular flexibility index (Phi) is 6.29. The molecule has 156 valence electrons. The smallest absolute Gasteiger partial charge is 0.465 e. The fourth-order valence-electron chi connectivity index (χ4n) is 2.78. The molecule has 2 atom stereocenters. The normalized spacial score (nSPS) is 14.0. The van der Waals surface area contributed by atoms with Gasteiger partial charge in [-0.1, -0.05) is 18.2 Å². The van der Waals surface area contributed by atoms with Crippen molar-refractivity contribution in [3.8, 4) is 11.5 Å². The predicted octanol–water partition coefficient (Wildman–Crippen LogP) is 4.91. The summed E-state index contributed by atoms with van der Waals surface area (Å²) in [5, 5.41) is 3.00. The number of nitrogens with zero attached hydrogens (tertiary/aromatic N) is 1. The summed E-state index contributed by atoms with van der Waals surface area (Å²) in [5.41, 5.74) is 1.71. The van der Waals surface area contributed by atoms with Crippen LogP contribution in [-0.4, -0.2) is 23.9 Å². The second-order valence-corrected chi connectivity index (χ2v) is 6.36. The molecular weight excluding hydrogens is 389 g/mol. The third-order valence-electron chi connectivity index (χ3n) is 3.94. The Bertz CT molecular complexity index is 958. The number of hydrogen-bond donors (Lipinski definition) is 1. The largest absolute Gasteiger partial charge is 0.573 e. The van der Waals surface area contributed by atoms with Gasteiger partial charge in [0.1, 0.15) is 23.2 Å². The molecule has 0 amide bonds. The van der Waals surface area contributed by atoms with E-state index in [2.05, 4.69) is 15.0 Å². The summed E-state index contributed by atoms with van der Waals surface area (Å²) in [6, 6.07) is 11.2. The zero-order chi connectivity index (χ0) is 21.0. The van der Waals surface area contributed by atoms with Crippen LogP contribution in [-0.2, 0) is 11.3 Å². The number of benzene rings is 2. The molecule has 2 aromatic carbocycles. The van der Waals surface area contributed by atoms with Crippen molar-refractivity contribution in [3.63, 3.8) is 0 Å². The van der Waals surface area contributed by atoms with Crippen molar-refractivity contribution >= 4 is 11.1 Å². The van der Waals surface area contributed by atoms with Gasteiger partial charge in [0.2, 0.25) is 0 Å². The maximum Gasteiger partial charge on any atom is 0.573 e. The molecule has 29 heavy (non-hydrogen) atoms. The highest BCUT2D eigenvalue weighted by molar-refractivity contribution is 5.74. The third-order valence-corrected chi connectivity index (χ3v) is 3.94. The maximum atomic E-state index is 12.5. The summed E-state index contributed by atoms with van der Waals surface area (Å²) >= 11 is 0. The molecule has 0 saturated heterocycles. The molecule has 0 aliphatic rings. The van der Waals surface area contributed by atoms with Crippen molar-refractivity contribution in [1.82, 2.24) is 10.3 Å². The first kappa shape index (κ1) is 20.9. The number of aromatic nitrogens is 1. The first-order valence-electron chi connectivity index (χ1n) is 8.96. The zero-order valence-corrected chi connectivity index (χ0v) is 16.1. The van der Waals surface area contributed by atoms with Crippen LogP contribution >= 0.6 is 0 Å². The molecule has 1 N–H and O–H groups in total. The lowest BCUT2D eigenvalue weighted by Crippen LogP contribution is -2.33. The first-order chi connectivity index (χ1) is 13.7. The summed E-state index contributed by atoms with van der Waals surface area (Å²) in [6.07, 6.45) is -5.84. The molecular formula is C20H21F3N2O4. The highest BCUT2D eigenvalue weighted by Gasteiger charge is 2.32. The second kappa shape index (κ2) is 8.71. The van der Waals surface area contributed by atoms with E-state index in [1.807, 2.05) is 0 Å². The molecule has 9 heteroatoms. The number of nitrogens with one attached hydrogen (secondary N) is 1. The van der Waals surface area contributed by atoms with Gasteiger partial charge >= 0.3 is 6.36 Å². The van der Waals surface area contributed by atoms with Crippen LogP contribution in [0.3, 0.4) is 0 Å². The molecule has 3 rings (SSSR count). The molecule has 0 spiro atoms. The lowest BCUT2D eigenvalue weighted by Gasteiger charge is -2.22. The lowest BCUT2D eigenvalue weighted by atomic mass is 10.2. The minimum absolute atomic E-state index is 0.128. The van der Waals surface area contributed by atoms with Crippen LogP contribution in [0.5, 0.6) is 11.5 Å². The SMILES string of the molecule is Cc1nc2ccc(OC(C)OC(C)NCc3ccccc3OC(F)(F)F)cc2o1. The number of aryl methyl sites for hydroxylation is 1. The topological polar surface area (TPSA) is 65.8 Å². The molecule has 1 aromatic heterocycles. The Labute approximate surface area is 165 Å². The van der Waals surface area contributed by atoms with Crippen LogP contribution in [0.2, 0.25) is 0 Å². The Morgan fingerprint density at radius 1 is 1.14 bits per heavy atom. The molecule has 0 fully saturated rings. The van der Waals surface area contributed by atoms with Gasteiger partial charge in [-0.25, -0.2) is 4.98 Å². The highest BCUT2D eigenvalue weighted by atomic mass is 19.4. The molecule has 0 radical (unpaired) electrons. The summed E-state index contributed by atoms with van der Waals surface area (Å²) in [6.45, 7) is 5.34. The molecule has 6 nitrogen and oxygen atoms in total. The van der Waals surface area contributed by atoms with Gasteiger partial charge in [-0.2, -0.15) is 0 Å². The van der Waals surface area contributed by atoms with Crippen molar-refractivity contribution in [1.29, 1.82) is 0 Å². The maximum absolute atomic E-state index is 12.5. The Balaban J connectivity index is 1.53. The Morgan fingerprint density at radius 2 is 1.90 bits per heavy atom. The van der Waals surface area contributed by atoms with Crippen molar-refractivity contribution < 1.29 is 31.8 Å². The molecule has 0 aliphatic carbocycles. The molecule has 2 unspecified atom stereocenters. The minimum Gasteiger partial charge on any atom is -0.465 e. The van der Waals surface area contributed by atoms with E-state index in [1.54, 1.807) is 51.1 Å².